The van der Waals surface area contributed by atoms with Crippen LogP contribution in [0.15, 0.2) is 46.0 Å². The van der Waals surface area contributed by atoms with E-state index in [1.54, 1.807) is 40.0 Å². The van der Waals surface area contributed by atoms with Crippen molar-refractivity contribution >= 4 is 21.4 Å². The Labute approximate surface area is 198 Å². The molecule has 33 heavy (non-hydrogen) atoms. The second kappa shape index (κ2) is 11.2. The Morgan fingerprint density at radius 2 is 1.76 bits per heavy atom. The second-order valence-electron chi connectivity index (χ2n) is 8.59. The van der Waals surface area contributed by atoms with E-state index < -0.39 is 16.6 Å². The highest BCUT2D eigenvalue weighted by Gasteiger charge is 2.34. The Bertz CT molecular complexity index is 975. The van der Waals surface area contributed by atoms with E-state index in [-0.39, 0.29) is 11.8 Å². The Hall–Kier alpha value is -1.59. The topological polar surface area (TPSA) is 53.1 Å². The van der Waals surface area contributed by atoms with Gasteiger partial charge in [0, 0.05) is 44.3 Å². The number of hydrogen-bond donors (Lipinski definition) is 0. The quantitative estimate of drug-likeness (QED) is 0.493. The molecule has 2 fully saturated rings. The van der Waals surface area contributed by atoms with Crippen molar-refractivity contribution in [3.8, 4) is 5.75 Å². The summed E-state index contributed by atoms with van der Waals surface area (Å²) in [5.74, 6) is 0.196. The fraction of sp³-hybridized carbons (Fsp3) is 0.565. The third-order valence-corrected chi connectivity index (χ3v) is 9.77. The molecule has 2 aliphatic rings. The molecule has 0 radical (unpaired) electrons. The number of benzene rings is 1. The number of nitrogens with zero attached hydrogens (tertiary/aromatic N) is 3. The maximum atomic E-state index is 13.4. The molecule has 4 rings (SSSR count). The number of hydrogen-bond acceptors (Lipinski definition) is 6. The molecule has 0 unspecified atom stereocenters. The van der Waals surface area contributed by atoms with Gasteiger partial charge >= 0.3 is 6.61 Å². The lowest BCUT2D eigenvalue weighted by Gasteiger charge is -2.38. The van der Waals surface area contributed by atoms with E-state index in [0.717, 1.165) is 19.6 Å². The lowest BCUT2D eigenvalue weighted by molar-refractivity contribution is -0.0508. The predicted molar refractivity (Wildman–Crippen MR) is 125 cm³/mol. The van der Waals surface area contributed by atoms with Crippen LogP contribution in [0.4, 0.5) is 8.78 Å². The molecule has 1 aromatic carbocycles. The smallest absolute Gasteiger partial charge is 0.387 e. The first-order valence-electron chi connectivity index (χ1n) is 11.5. The molecule has 0 bridgehead atoms. The molecule has 0 spiro atoms. The first-order valence-corrected chi connectivity index (χ1v) is 13.8. The van der Waals surface area contributed by atoms with Crippen molar-refractivity contribution < 1.29 is 21.9 Å². The summed E-state index contributed by atoms with van der Waals surface area (Å²) in [5, 5.41) is 1.80. The van der Waals surface area contributed by atoms with Crippen LogP contribution in [0.5, 0.6) is 5.75 Å². The van der Waals surface area contributed by atoms with Crippen molar-refractivity contribution in [3.05, 3.63) is 47.3 Å². The fourth-order valence-corrected chi connectivity index (χ4v) is 7.52. The van der Waals surface area contributed by atoms with E-state index in [1.165, 1.54) is 24.2 Å². The molecule has 182 valence electrons. The van der Waals surface area contributed by atoms with Crippen molar-refractivity contribution in [2.75, 3.05) is 39.3 Å². The lowest BCUT2D eigenvalue weighted by Crippen LogP contribution is -2.49. The van der Waals surface area contributed by atoms with Crippen LogP contribution in [0.2, 0.25) is 0 Å². The summed E-state index contributed by atoms with van der Waals surface area (Å²) in [5.41, 5.74) is 0.716. The number of alkyl halides is 2. The summed E-state index contributed by atoms with van der Waals surface area (Å²) in [6.07, 6.45) is 3.77. The van der Waals surface area contributed by atoms with Crippen LogP contribution in [0, 0.1) is 0 Å². The van der Waals surface area contributed by atoms with Gasteiger partial charge in [0.15, 0.2) is 0 Å². The van der Waals surface area contributed by atoms with E-state index in [2.05, 4.69) is 14.5 Å². The molecule has 0 N–H and O–H groups in total. The Balaban J connectivity index is 1.41. The molecule has 2 aromatic rings. The fourth-order valence-electron chi connectivity index (χ4n) is 4.72. The number of halogens is 2. The molecular weight excluding hydrogens is 468 g/mol. The largest absolute Gasteiger partial charge is 0.434 e. The van der Waals surface area contributed by atoms with Gasteiger partial charge in [0.05, 0.1) is 0 Å². The summed E-state index contributed by atoms with van der Waals surface area (Å²) >= 11 is 1.26. The molecule has 0 atom stereocenters. The number of sulfonamides is 1. The molecule has 0 saturated carbocycles. The number of likely N-dealkylation sites (tertiary alicyclic amines) is 2. The van der Waals surface area contributed by atoms with Gasteiger partial charge in [-0.25, -0.2) is 8.42 Å². The van der Waals surface area contributed by atoms with E-state index in [4.69, 9.17) is 0 Å². The van der Waals surface area contributed by atoms with E-state index in [9.17, 15) is 17.2 Å². The average molecular weight is 500 g/mol. The zero-order valence-corrected chi connectivity index (χ0v) is 20.2. The van der Waals surface area contributed by atoms with Crippen LogP contribution in [0.3, 0.4) is 0 Å². The van der Waals surface area contributed by atoms with Crippen molar-refractivity contribution in [2.24, 2.45) is 0 Å². The Kier molecular flexibility index (Phi) is 8.34. The minimum Gasteiger partial charge on any atom is -0.434 e. The minimum atomic E-state index is -3.54. The number of rotatable bonds is 10. The highest BCUT2D eigenvalue weighted by atomic mass is 32.2. The molecular formula is C23H31F2N3O3S2. The maximum absolute atomic E-state index is 13.4. The molecule has 2 aliphatic heterocycles. The van der Waals surface area contributed by atoms with Crippen molar-refractivity contribution in [1.29, 1.82) is 0 Å². The van der Waals surface area contributed by atoms with Crippen LogP contribution in [-0.4, -0.2) is 74.4 Å². The number of thiophene rings is 1. The normalized spacial score (nSPS) is 19.0. The molecule has 0 aliphatic carbocycles. The van der Waals surface area contributed by atoms with Crippen LogP contribution >= 0.6 is 11.3 Å². The van der Waals surface area contributed by atoms with Gasteiger partial charge in [0.1, 0.15) is 9.96 Å². The van der Waals surface area contributed by atoms with Crippen LogP contribution in [0.25, 0.3) is 0 Å². The summed E-state index contributed by atoms with van der Waals surface area (Å²) in [7, 11) is -3.54. The second-order valence-corrected chi connectivity index (χ2v) is 11.7. The summed E-state index contributed by atoms with van der Waals surface area (Å²) in [6, 6.07) is 10.2. The lowest BCUT2D eigenvalue weighted by atomic mass is 10.0. The van der Waals surface area contributed by atoms with Gasteiger partial charge in [0.25, 0.3) is 10.0 Å². The third kappa shape index (κ3) is 6.30. The van der Waals surface area contributed by atoms with Crippen molar-refractivity contribution in [1.82, 2.24) is 14.1 Å². The highest BCUT2D eigenvalue weighted by Crippen LogP contribution is 2.29. The Morgan fingerprint density at radius 3 is 2.42 bits per heavy atom. The number of ether oxygens (including phenoxy) is 1. The standard InChI is InChI=1S/C23H31F2N3O3S2/c24-23(25)31-21-7-2-1-6-19(21)18-27-13-9-20(10-14-27)28(16-15-26-11-3-4-12-26)33(29,30)22-8-5-17-32-22/h1-2,5-8,17,20,23H,3-4,9-16,18H2. The maximum Gasteiger partial charge on any atom is 0.387 e. The number of piperidine rings is 1. The van der Waals surface area contributed by atoms with Gasteiger partial charge < -0.3 is 9.64 Å². The highest BCUT2D eigenvalue weighted by molar-refractivity contribution is 7.91. The van der Waals surface area contributed by atoms with Gasteiger partial charge in [-0.15, -0.1) is 11.3 Å². The predicted octanol–water partition coefficient (Wildman–Crippen LogP) is 4.10. The minimum absolute atomic E-state index is 0.0662. The van der Waals surface area contributed by atoms with E-state index in [1.807, 2.05) is 6.07 Å². The van der Waals surface area contributed by atoms with Gasteiger partial charge in [-0.1, -0.05) is 24.3 Å². The molecule has 1 aromatic heterocycles. The van der Waals surface area contributed by atoms with Gasteiger partial charge in [-0.2, -0.15) is 13.1 Å². The number of para-hydroxylation sites is 1. The van der Waals surface area contributed by atoms with Gasteiger partial charge in [-0.05, 0) is 56.3 Å². The molecule has 0 amide bonds. The van der Waals surface area contributed by atoms with Gasteiger partial charge in [0.2, 0.25) is 0 Å². The SMILES string of the molecule is O=S(=O)(c1cccs1)N(CCN1CCCC1)C1CCN(Cc2ccccc2OC(F)F)CC1. The van der Waals surface area contributed by atoms with E-state index >= 15 is 0 Å². The third-order valence-electron chi connectivity index (χ3n) is 6.44. The van der Waals surface area contributed by atoms with Gasteiger partial charge in [-0.3, -0.25) is 4.90 Å². The van der Waals surface area contributed by atoms with Crippen molar-refractivity contribution in [3.63, 3.8) is 0 Å². The molecule has 2 saturated heterocycles. The van der Waals surface area contributed by atoms with Crippen LogP contribution in [-0.2, 0) is 16.6 Å². The van der Waals surface area contributed by atoms with Crippen LogP contribution < -0.4 is 4.74 Å². The van der Waals surface area contributed by atoms with Crippen molar-refractivity contribution in [2.45, 2.75) is 49.1 Å². The summed E-state index contributed by atoms with van der Waals surface area (Å²) in [6.45, 7) is 2.36. The average Bonchev–Trinajstić information content (AvgIpc) is 3.51. The molecule has 6 nitrogen and oxygen atoms in total. The molecule has 3 heterocycles. The first-order chi connectivity index (χ1) is 15.9. The Morgan fingerprint density at radius 1 is 1.03 bits per heavy atom. The van der Waals surface area contributed by atoms with Crippen LogP contribution in [0.1, 0.15) is 31.2 Å². The molecule has 10 heteroatoms. The zero-order valence-electron chi connectivity index (χ0n) is 18.6. The monoisotopic (exact) mass is 499 g/mol. The van der Waals surface area contributed by atoms with E-state index in [0.29, 0.717) is 48.8 Å². The zero-order chi connectivity index (χ0) is 23.3. The first kappa shape index (κ1) is 24.5. The summed E-state index contributed by atoms with van der Waals surface area (Å²) in [4.78, 5) is 4.52. The summed E-state index contributed by atoms with van der Waals surface area (Å²) < 4.78 is 59.1.